The lowest BCUT2D eigenvalue weighted by Crippen LogP contribution is -2.23. The van der Waals surface area contributed by atoms with Crippen molar-refractivity contribution in [3.63, 3.8) is 0 Å². The molecule has 3 aromatic rings. The molecule has 0 saturated carbocycles. The number of Topliss-reactive ketones (excluding diaryl/α,β-unsaturated/α-hetero) is 1. The van der Waals surface area contributed by atoms with Crippen LogP contribution in [0.5, 0.6) is 17.2 Å². The molecular formula is C26H27NO10S3. The highest BCUT2D eigenvalue weighted by Gasteiger charge is 2.34. The van der Waals surface area contributed by atoms with Gasteiger partial charge in [-0.15, -0.1) is 0 Å². The minimum Gasteiger partial charge on any atom is -0.399 e. The molecule has 11 nitrogen and oxygen atoms in total. The van der Waals surface area contributed by atoms with E-state index in [0.717, 1.165) is 30.4 Å². The Balaban J connectivity index is 1.88. The average molecular weight is 610 g/mol. The molecule has 1 unspecified atom stereocenters. The Morgan fingerprint density at radius 3 is 1.85 bits per heavy atom. The van der Waals surface area contributed by atoms with Crippen molar-refractivity contribution in [2.75, 3.05) is 24.5 Å². The van der Waals surface area contributed by atoms with Crippen molar-refractivity contribution >= 4 is 41.8 Å². The predicted molar refractivity (Wildman–Crippen MR) is 148 cm³/mol. The van der Waals surface area contributed by atoms with E-state index >= 15 is 0 Å². The van der Waals surface area contributed by atoms with E-state index in [2.05, 4.69) is 0 Å². The van der Waals surface area contributed by atoms with Gasteiger partial charge in [0.05, 0.1) is 24.3 Å². The summed E-state index contributed by atoms with van der Waals surface area (Å²) < 4.78 is 86.7. The topological polar surface area (TPSA) is 173 Å². The molecule has 214 valence electrons. The molecule has 2 N–H and O–H groups in total. The third-order valence-corrected chi connectivity index (χ3v) is 7.54. The predicted octanol–water partition coefficient (Wildman–Crippen LogP) is 2.79. The molecule has 3 aromatic carbocycles. The maximum Gasteiger partial charge on any atom is 0.306 e. The Morgan fingerprint density at radius 1 is 0.750 bits per heavy atom. The second kappa shape index (κ2) is 10.7. The molecule has 40 heavy (non-hydrogen) atoms. The molecule has 1 aliphatic carbocycles. The molecule has 14 heteroatoms. The van der Waals surface area contributed by atoms with Crippen LogP contribution in [0.25, 0.3) is 0 Å². The number of carbonyl (C=O) groups is 1. The van der Waals surface area contributed by atoms with Crippen LogP contribution in [-0.4, -0.2) is 49.8 Å². The molecule has 0 spiro atoms. The van der Waals surface area contributed by atoms with E-state index in [1.54, 1.807) is 36.4 Å². The van der Waals surface area contributed by atoms with Gasteiger partial charge in [0.15, 0.2) is 11.5 Å². The van der Waals surface area contributed by atoms with E-state index in [-0.39, 0.29) is 42.1 Å². The van der Waals surface area contributed by atoms with E-state index in [1.807, 2.05) is 0 Å². The number of rotatable bonds is 9. The van der Waals surface area contributed by atoms with E-state index in [4.69, 9.17) is 18.3 Å². The van der Waals surface area contributed by atoms with Crippen LogP contribution in [0.1, 0.15) is 45.0 Å². The number of carbonyl (C=O) groups excluding carboxylic acids is 1. The summed E-state index contributed by atoms with van der Waals surface area (Å²) in [6.45, 7) is 0. The van der Waals surface area contributed by atoms with E-state index in [0.29, 0.717) is 22.4 Å². The Labute approximate surface area is 233 Å². The van der Waals surface area contributed by atoms with Gasteiger partial charge in [0.1, 0.15) is 11.5 Å². The lowest BCUT2D eigenvalue weighted by molar-refractivity contribution is 0.0962. The van der Waals surface area contributed by atoms with Gasteiger partial charge in [-0.05, 0) is 53.3 Å². The van der Waals surface area contributed by atoms with Crippen molar-refractivity contribution in [3.8, 4) is 17.2 Å². The number of benzene rings is 3. The van der Waals surface area contributed by atoms with Gasteiger partial charge >= 0.3 is 30.4 Å². The summed E-state index contributed by atoms with van der Waals surface area (Å²) in [6.07, 6.45) is 2.94. The third-order valence-electron chi connectivity index (χ3n) is 6.08. The Morgan fingerprint density at radius 2 is 1.30 bits per heavy atom. The number of nitrogen functional groups attached to an aromatic ring is 1. The molecule has 0 aliphatic heterocycles. The summed E-state index contributed by atoms with van der Waals surface area (Å²) in [5.74, 6) is -1.20. The van der Waals surface area contributed by atoms with Gasteiger partial charge in [-0.2, -0.15) is 25.3 Å². The maximum absolute atomic E-state index is 13.5. The first-order valence-corrected chi connectivity index (χ1v) is 17.3. The van der Waals surface area contributed by atoms with Crippen molar-refractivity contribution in [1.29, 1.82) is 0 Å². The monoisotopic (exact) mass is 609 g/mol. The summed E-state index contributed by atoms with van der Waals surface area (Å²) in [5.41, 5.74) is 8.55. The van der Waals surface area contributed by atoms with Crippen LogP contribution in [0.4, 0.5) is 5.69 Å². The Kier molecular flexibility index (Phi) is 7.89. The van der Waals surface area contributed by atoms with Gasteiger partial charge in [-0.3, -0.25) is 4.79 Å². The van der Waals surface area contributed by atoms with Crippen molar-refractivity contribution < 1.29 is 42.6 Å². The third kappa shape index (κ3) is 7.52. The zero-order valence-electron chi connectivity index (χ0n) is 21.8. The van der Waals surface area contributed by atoms with Crippen LogP contribution in [0.2, 0.25) is 0 Å². The minimum absolute atomic E-state index is 0.00695. The summed E-state index contributed by atoms with van der Waals surface area (Å²) in [6, 6.07) is 14.2. The SMILES string of the molecule is CS(=O)(=O)Oc1ccc(C2CC(=O)c3c(OS(C)(=O)=O)cc(OS(C)(=O)=O)c(Cc4ccc(N)cc4)c3C2)cc1. The second-order valence-electron chi connectivity index (χ2n) is 9.58. The average Bonchev–Trinajstić information content (AvgIpc) is 2.79. The normalized spacial score (nSPS) is 15.8. The highest BCUT2D eigenvalue weighted by molar-refractivity contribution is 7.86. The summed E-state index contributed by atoms with van der Waals surface area (Å²) in [4.78, 5) is 13.5. The van der Waals surface area contributed by atoms with Gasteiger partial charge < -0.3 is 18.3 Å². The number of hydrogen-bond donors (Lipinski definition) is 1. The summed E-state index contributed by atoms with van der Waals surface area (Å²) in [7, 11) is -11.9. The summed E-state index contributed by atoms with van der Waals surface area (Å²) in [5, 5.41) is 0. The fourth-order valence-corrected chi connectivity index (χ4v) is 6.00. The second-order valence-corrected chi connectivity index (χ2v) is 14.3. The molecule has 0 heterocycles. The molecule has 0 amide bonds. The van der Waals surface area contributed by atoms with Crippen molar-refractivity contribution in [2.24, 2.45) is 0 Å². The fourth-order valence-electron chi connectivity index (χ4n) is 4.61. The molecule has 0 bridgehead atoms. The van der Waals surface area contributed by atoms with Gasteiger partial charge in [-0.1, -0.05) is 24.3 Å². The first kappa shape index (κ1) is 29.4. The van der Waals surface area contributed by atoms with Crippen molar-refractivity contribution in [2.45, 2.75) is 25.2 Å². The maximum atomic E-state index is 13.5. The zero-order chi connectivity index (χ0) is 29.5. The van der Waals surface area contributed by atoms with Gasteiger partial charge in [0, 0.05) is 30.2 Å². The van der Waals surface area contributed by atoms with Crippen LogP contribution in [0, 0.1) is 0 Å². The lowest BCUT2D eigenvalue weighted by Gasteiger charge is -2.29. The molecule has 0 radical (unpaired) electrons. The fraction of sp³-hybridized carbons (Fsp3) is 0.269. The Bertz CT molecular complexity index is 1780. The van der Waals surface area contributed by atoms with Crippen LogP contribution in [0.15, 0.2) is 54.6 Å². The van der Waals surface area contributed by atoms with Gasteiger partial charge in [0.2, 0.25) is 0 Å². The van der Waals surface area contributed by atoms with E-state index in [9.17, 15) is 30.0 Å². The highest BCUT2D eigenvalue weighted by Crippen LogP contribution is 2.44. The smallest absolute Gasteiger partial charge is 0.306 e. The van der Waals surface area contributed by atoms with Crippen LogP contribution in [-0.2, 0) is 43.2 Å². The van der Waals surface area contributed by atoms with Gasteiger partial charge in [-0.25, -0.2) is 0 Å². The van der Waals surface area contributed by atoms with Crippen LogP contribution >= 0.6 is 0 Å². The minimum atomic E-state index is -4.09. The number of hydrogen-bond acceptors (Lipinski definition) is 11. The Hall–Kier alpha value is -3.62. The molecule has 1 atom stereocenters. The van der Waals surface area contributed by atoms with Crippen LogP contribution in [0.3, 0.4) is 0 Å². The molecule has 1 aliphatic rings. The molecule has 0 fully saturated rings. The number of ketones is 1. The standard InChI is InChI=1S/C26H27NO10S3/c1-38(29,30)35-20-10-6-17(7-11-20)18-13-22-21(12-16-4-8-19(27)9-5-16)24(36-39(2,31)32)15-25(37-40(3,33)34)26(22)23(28)14-18/h4-11,15,18H,12-14,27H2,1-3H3. The highest BCUT2D eigenvalue weighted by atomic mass is 32.2. The zero-order valence-corrected chi connectivity index (χ0v) is 24.2. The molecule has 4 rings (SSSR count). The van der Waals surface area contributed by atoms with Crippen LogP contribution < -0.4 is 18.3 Å². The molecule has 0 saturated heterocycles. The van der Waals surface area contributed by atoms with E-state index < -0.39 is 42.1 Å². The van der Waals surface area contributed by atoms with Crippen molar-refractivity contribution in [3.05, 3.63) is 82.4 Å². The first-order chi connectivity index (χ1) is 18.5. The first-order valence-electron chi connectivity index (χ1n) is 11.8. The largest absolute Gasteiger partial charge is 0.399 e. The summed E-state index contributed by atoms with van der Waals surface area (Å²) >= 11 is 0. The van der Waals surface area contributed by atoms with Gasteiger partial charge in [0.25, 0.3) is 0 Å². The lowest BCUT2D eigenvalue weighted by atomic mass is 9.76. The number of anilines is 1. The quantitative estimate of drug-likeness (QED) is 0.279. The number of nitrogens with two attached hydrogens (primary N) is 1. The molecule has 0 aromatic heterocycles. The van der Waals surface area contributed by atoms with Crippen molar-refractivity contribution in [1.82, 2.24) is 0 Å². The van der Waals surface area contributed by atoms with E-state index in [1.165, 1.54) is 12.1 Å². The molecular weight excluding hydrogens is 582 g/mol. The number of fused-ring (bicyclic) bond motifs is 1.